The topological polar surface area (TPSA) is 58.3 Å². The molecule has 2 rings (SSSR count). The Morgan fingerprint density at radius 3 is 3.07 bits per heavy atom. The Kier molecular flexibility index (Phi) is 3.16. The Hall–Kier alpha value is -0.870. The van der Waals surface area contributed by atoms with Gasteiger partial charge in [0.25, 0.3) is 0 Å². The van der Waals surface area contributed by atoms with Crippen LogP contribution in [-0.4, -0.2) is 22.4 Å². The molecule has 0 aliphatic heterocycles. The third-order valence-electron chi connectivity index (χ3n) is 2.76. The lowest BCUT2D eigenvalue weighted by Gasteiger charge is -2.28. The van der Waals surface area contributed by atoms with Crippen LogP contribution in [0.2, 0.25) is 0 Å². The van der Waals surface area contributed by atoms with E-state index in [9.17, 15) is 5.11 Å². The summed E-state index contributed by atoms with van der Waals surface area (Å²) in [6.45, 7) is 0.654. The fraction of sp³-hybridized carbons (Fsp3) is 0.700. The quantitative estimate of drug-likeness (QED) is 0.759. The molecule has 1 fully saturated rings. The standard InChI is InChI=1S/C10H16N2O2/c13-10-4-2-1-3-9(10)11-7-8-5-6-12-14-8/h5-6,9-11,13H,1-4,7H2/t9-,10-/m0/s1. The van der Waals surface area contributed by atoms with Gasteiger partial charge in [-0.3, -0.25) is 0 Å². The minimum absolute atomic E-state index is 0.202. The summed E-state index contributed by atoms with van der Waals surface area (Å²) in [4.78, 5) is 0. The van der Waals surface area contributed by atoms with Crippen molar-refractivity contribution in [2.45, 2.75) is 44.4 Å². The highest BCUT2D eigenvalue weighted by Crippen LogP contribution is 2.18. The summed E-state index contributed by atoms with van der Waals surface area (Å²) in [5, 5.41) is 16.6. The van der Waals surface area contributed by atoms with Crippen molar-refractivity contribution < 1.29 is 9.63 Å². The number of aliphatic hydroxyl groups is 1. The number of rotatable bonds is 3. The number of aliphatic hydroxyl groups excluding tert-OH is 1. The summed E-state index contributed by atoms with van der Waals surface area (Å²) >= 11 is 0. The zero-order valence-corrected chi connectivity index (χ0v) is 8.15. The minimum atomic E-state index is -0.202. The maximum atomic E-state index is 9.69. The van der Waals surface area contributed by atoms with Crippen LogP contribution in [0, 0.1) is 0 Å². The maximum absolute atomic E-state index is 9.69. The molecular formula is C10H16N2O2. The summed E-state index contributed by atoms with van der Waals surface area (Å²) in [6.07, 6.45) is 5.73. The average Bonchev–Trinajstić information content (AvgIpc) is 2.69. The molecule has 1 aliphatic carbocycles. The van der Waals surface area contributed by atoms with Crippen LogP contribution >= 0.6 is 0 Å². The smallest absolute Gasteiger partial charge is 0.150 e. The van der Waals surface area contributed by atoms with Crippen LogP contribution in [0.5, 0.6) is 0 Å². The first kappa shape index (κ1) is 9.68. The third kappa shape index (κ3) is 2.33. The Balaban J connectivity index is 1.79. The normalized spacial score (nSPS) is 27.8. The van der Waals surface area contributed by atoms with E-state index in [1.54, 1.807) is 6.20 Å². The van der Waals surface area contributed by atoms with E-state index in [0.29, 0.717) is 6.54 Å². The highest BCUT2D eigenvalue weighted by atomic mass is 16.5. The van der Waals surface area contributed by atoms with E-state index >= 15 is 0 Å². The van der Waals surface area contributed by atoms with Crippen LogP contribution in [0.4, 0.5) is 0 Å². The van der Waals surface area contributed by atoms with Gasteiger partial charge in [0.2, 0.25) is 0 Å². The predicted molar refractivity (Wildman–Crippen MR) is 51.6 cm³/mol. The van der Waals surface area contributed by atoms with Crippen molar-refractivity contribution in [3.63, 3.8) is 0 Å². The highest BCUT2D eigenvalue weighted by molar-refractivity contribution is 4.93. The zero-order chi connectivity index (χ0) is 9.80. The molecule has 0 spiro atoms. The van der Waals surface area contributed by atoms with Crippen LogP contribution in [0.15, 0.2) is 16.8 Å². The van der Waals surface area contributed by atoms with Crippen LogP contribution in [0.3, 0.4) is 0 Å². The largest absolute Gasteiger partial charge is 0.392 e. The van der Waals surface area contributed by atoms with E-state index in [-0.39, 0.29) is 12.1 Å². The molecule has 0 radical (unpaired) electrons. The molecule has 0 saturated heterocycles. The lowest BCUT2D eigenvalue weighted by Crippen LogP contribution is -2.41. The van der Waals surface area contributed by atoms with Gasteiger partial charge in [-0.15, -0.1) is 0 Å². The second-order valence-corrected chi connectivity index (χ2v) is 3.82. The molecule has 4 heteroatoms. The van der Waals surface area contributed by atoms with Crippen LogP contribution in [-0.2, 0) is 6.54 Å². The Morgan fingerprint density at radius 2 is 2.36 bits per heavy atom. The van der Waals surface area contributed by atoms with Crippen molar-refractivity contribution in [3.05, 3.63) is 18.0 Å². The fourth-order valence-corrected chi connectivity index (χ4v) is 1.91. The average molecular weight is 196 g/mol. The molecule has 0 unspecified atom stereocenters. The summed E-state index contributed by atoms with van der Waals surface area (Å²) in [6, 6.07) is 2.05. The summed E-state index contributed by atoms with van der Waals surface area (Å²) in [5.74, 6) is 0.822. The molecular weight excluding hydrogens is 180 g/mol. The van der Waals surface area contributed by atoms with Crippen molar-refractivity contribution in [2.75, 3.05) is 0 Å². The molecule has 14 heavy (non-hydrogen) atoms. The van der Waals surface area contributed by atoms with Crippen molar-refractivity contribution in [1.29, 1.82) is 0 Å². The number of hydrogen-bond acceptors (Lipinski definition) is 4. The predicted octanol–water partition coefficient (Wildman–Crippen LogP) is 1.07. The van der Waals surface area contributed by atoms with Gasteiger partial charge in [0.15, 0.2) is 0 Å². The van der Waals surface area contributed by atoms with E-state index in [2.05, 4.69) is 10.5 Å². The molecule has 78 valence electrons. The molecule has 0 amide bonds. The van der Waals surface area contributed by atoms with E-state index in [0.717, 1.165) is 25.0 Å². The van der Waals surface area contributed by atoms with Gasteiger partial charge in [0, 0.05) is 12.1 Å². The molecule has 1 aromatic rings. The van der Waals surface area contributed by atoms with Crippen molar-refractivity contribution in [1.82, 2.24) is 10.5 Å². The highest BCUT2D eigenvalue weighted by Gasteiger charge is 2.22. The number of hydrogen-bond donors (Lipinski definition) is 2. The van der Waals surface area contributed by atoms with Crippen molar-refractivity contribution in [2.24, 2.45) is 0 Å². The second kappa shape index (κ2) is 4.57. The van der Waals surface area contributed by atoms with Crippen LogP contribution in [0.25, 0.3) is 0 Å². The fourth-order valence-electron chi connectivity index (χ4n) is 1.91. The lowest BCUT2D eigenvalue weighted by molar-refractivity contribution is 0.0890. The van der Waals surface area contributed by atoms with Gasteiger partial charge in [-0.2, -0.15) is 0 Å². The van der Waals surface area contributed by atoms with Crippen LogP contribution in [0.1, 0.15) is 31.4 Å². The summed E-state index contributed by atoms with van der Waals surface area (Å²) in [7, 11) is 0. The van der Waals surface area contributed by atoms with Gasteiger partial charge in [0.1, 0.15) is 5.76 Å². The van der Waals surface area contributed by atoms with Crippen LogP contribution < -0.4 is 5.32 Å². The molecule has 1 aromatic heterocycles. The Morgan fingerprint density at radius 1 is 1.50 bits per heavy atom. The van der Waals surface area contributed by atoms with Gasteiger partial charge in [-0.05, 0) is 12.8 Å². The van der Waals surface area contributed by atoms with Gasteiger partial charge in [0.05, 0.1) is 18.8 Å². The van der Waals surface area contributed by atoms with Gasteiger partial charge in [-0.1, -0.05) is 18.0 Å². The molecule has 0 bridgehead atoms. The van der Waals surface area contributed by atoms with E-state index < -0.39 is 0 Å². The first-order chi connectivity index (χ1) is 6.86. The Labute approximate surface area is 83.3 Å². The SMILES string of the molecule is O[C@H]1CCCC[C@@H]1NCc1ccno1. The minimum Gasteiger partial charge on any atom is -0.392 e. The molecule has 0 aromatic carbocycles. The first-order valence-corrected chi connectivity index (χ1v) is 5.17. The van der Waals surface area contributed by atoms with Gasteiger partial charge in [-0.25, -0.2) is 0 Å². The number of nitrogens with zero attached hydrogens (tertiary/aromatic N) is 1. The van der Waals surface area contributed by atoms with E-state index in [4.69, 9.17) is 4.52 Å². The Bertz CT molecular complexity index is 261. The maximum Gasteiger partial charge on any atom is 0.150 e. The zero-order valence-electron chi connectivity index (χ0n) is 8.15. The number of nitrogens with one attached hydrogen (secondary N) is 1. The molecule has 1 heterocycles. The lowest BCUT2D eigenvalue weighted by atomic mass is 9.92. The molecule has 1 aliphatic rings. The molecule has 2 atom stereocenters. The number of aromatic nitrogens is 1. The molecule has 1 saturated carbocycles. The van der Waals surface area contributed by atoms with Gasteiger partial charge >= 0.3 is 0 Å². The molecule has 2 N–H and O–H groups in total. The van der Waals surface area contributed by atoms with Gasteiger partial charge < -0.3 is 14.9 Å². The monoisotopic (exact) mass is 196 g/mol. The second-order valence-electron chi connectivity index (χ2n) is 3.82. The third-order valence-corrected chi connectivity index (χ3v) is 2.76. The summed E-state index contributed by atoms with van der Waals surface area (Å²) in [5.41, 5.74) is 0. The van der Waals surface area contributed by atoms with E-state index in [1.807, 2.05) is 6.07 Å². The van der Waals surface area contributed by atoms with Crippen molar-refractivity contribution in [3.8, 4) is 0 Å². The first-order valence-electron chi connectivity index (χ1n) is 5.17. The summed E-state index contributed by atoms with van der Waals surface area (Å²) < 4.78 is 4.97. The molecule has 4 nitrogen and oxygen atoms in total. The van der Waals surface area contributed by atoms with Crippen molar-refractivity contribution >= 4 is 0 Å². The van der Waals surface area contributed by atoms with E-state index in [1.165, 1.54) is 6.42 Å².